The maximum absolute atomic E-state index is 12.8. The number of benzene rings is 1. The molecule has 1 fully saturated rings. The average Bonchev–Trinajstić information content (AvgIpc) is 2.53. The van der Waals surface area contributed by atoms with Crippen LogP contribution in [0.15, 0.2) is 30.5 Å². The Bertz CT molecular complexity index is 738. The topological polar surface area (TPSA) is 53.4 Å². The van der Waals surface area contributed by atoms with E-state index in [0.29, 0.717) is 24.0 Å². The fraction of sp³-hybridized carbons (Fsp3) is 0.375. The highest BCUT2D eigenvalue weighted by atomic mass is 19.4. The van der Waals surface area contributed by atoms with Crippen LogP contribution in [0.4, 0.5) is 18.9 Å². The standard InChI is InChI=1S/C16H15F3N2O2/c17-16(18,19)12-4-6-21(7-5-12)13-3-1-2-10-8-11(15(22)23)9-20-14(10)13/h1-3,8-9,12H,4-7H2,(H,22,23). The summed E-state index contributed by atoms with van der Waals surface area (Å²) < 4.78 is 38.3. The maximum atomic E-state index is 12.8. The number of pyridine rings is 1. The van der Waals surface area contributed by atoms with Gasteiger partial charge in [-0.3, -0.25) is 4.98 Å². The second-order valence-electron chi connectivity index (χ2n) is 5.68. The van der Waals surface area contributed by atoms with Gasteiger partial charge in [0.1, 0.15) is 0 Å². The van der Waals surface area contributed by atoms with Gasteiger partial charge in [0.25, 0.3) is 0 Å². The molecular formula is C16H15F3N2O2. The zero-order chi connectivity index (χ0) is 16.6. The number of piperidine rings is 1. The first kappa shape index (κ1) is 15.6. The van der Waals surface area contributed by atoms with Gasteiger partial charge in [-0.15, -0.1) is 0 Å². The number of hydrogen-bond acceptors (Lipinski definition) is 3. The zero-order valence-corrected chi connectivity index (χ0v) is 12.2. The molecule has 122 valence electrons. The molecule has 4 nitrogen and oxygen atoms in total. The van der Waals surface area contributed by atoms with Gasteiger partial charge in [-0.2, -0.15) is 13.2 Å². The van der Waals surface area contributed by atoms with Crippen LogP contribution in [0.2, 0.25) is 0 Å². The number of fused-ring (bicyclic) bond motifs is 1. The van der Waals surface area contributed by atoms with Gasteiger partial charge >= 0.3 is 12.1 Å². The molecule has 0 unspecified atom stereocenters. The number of carboxylic acid groups (broad SMARTS) is 1. The lowest BCUT2D eigenvalue weighted by Crippen LogP contribution is -2.39. The predicted molar refractivity (Wildman–Crippen MR) is 79.7 cm³/mol. The molecule has 1 aliphatic heterocycles. The predicted octanol–water partition coefficient (Wildman–Crippen LogP) is 3.71. The molecule has 1 aromatic heterocycles. The molecule has 1 aromatic carbocycles. The molecule has 1 aliphatic rings. The van der Waals surface area contributed by atoms with Gasteiger partial charge in [-0.25, -0.2) is 4.79 Å². The molecule has 0 saturated carbocycles. The van der Waals surface area contributed by atoms with E-state index in [1.54, 1.807) is 12.1 Å². The molecule has 0 spiro atoms. The Balaban J connectivity index is 1.88. The van der Waals surface area contributed by atoms with Crippen molar-refractivity contribution in [3.05, 3.63) is 36.0 Å². The Hall–Kier alpha value is -2.31. The van der Waals surface area contributed by atoms with Crippen LogP contribution in [0.1, 0.15) is 23.2 Å². The minimum Gasteiger partial charge on any atom is -0.478 e. The van der Waals surface area contributed by atoms with E-state index in [0.717, 1.165) is 5.69 Å². The summed E-state index contributed by atoms with van der Waals surface area (Å²) in [6.45, 7) is 0.622. The van der Waals surface area contributed by atoms with Crippen LogP contribution < -0.4 is 4.90 Å². The number of rotatable bonds is 2. The first-order valence-corrected chi connectivity index (χ1v) is 7.30. The lowest BCUT2D eigenvalue weighted by atomic mass is 9.95. The van der Waals surface area contributed by atoms with Crippen molar-refractivity contribution in [3.8, 4) is 0 Å². The van der Waals surface area contributed by atoms with Gasteiger partial charge in [0.2, 0.25) is 0 Å². The monoisotopic (exact) mass is 324 g/mol. The van der Waals surface area contributed by atoms with Gasteiger partial charge in [0.05, 0.1) is 22.7 Å². The van der Waals surface area contributed by atoms with Crippen LogP contribution in [0, 0.1) is 5.92 Å². The van der Waals surface area contributed by atoms with Crippen molar-refractivity contribution >= 4 is 22.6 Å². The molecule has 1 N–H and O–H groups in total. The lowest BCUT2D eigenvalue weighted by Gasteiger charge is -2.34. The van der Waals surface area contributed by atoms with E-state index in [9.17, 15) is 18.0 Å². The highest BCUT2D eigenvalue weighted by Crippen LogP contribution is 2.36. The largest absolute Gasteiger partial charge is 0.478 e. The number of para-hydroxylation sites is 1. The Labute approximate surface area is 130 Å². The minimum absolute atomic E-state index is 0.0626. The average molecular weight is 324 g/mol. The van der Waals surface area contributed by atoms with E-state index in [1.165, 1.54) is 12.3 Å². The number of alkyl halides is 3. The number of nitrogens with zero attached hydrogens (tertiary/aromatic N) is 2. The molecule has 23 heavy (non-hydrogen) atoms. The Morgan fingerprint density at radius 1 is 1.26 bits per heavy atom. The van der Waals surface area contributed by atoms with Crippen molar-refractivity contribution in [2.24, 2.45) is 5.92 Å². The summed E-state index contributed by atoms with van der Waals surface area (Å²) in [5, 5.41) is 9.68. The van der Waals surface area contributed by atoms with Gasteiger partial charge < -0.3 is 10.0 Å². The van der Waals surface area contributed by atoms with E-state index < -0.39 is 18.1 Å². The second kappa shape index (κ2) is 5.72. The maximum Gasteiger partial charge on any atom is 0.391 e. The molecule has 0 radical (unpaired) electrons. The van der Waals surface area contributed by atoms with Gasteiger partial charge in [0, 0.05) is 24.7 Å². The third kappa shape index (κ3) is 3.09. The summed E-state index contributed by atoms with van der Waals surface area (Å²) in [5.74, 6) is -2.31. The Morgan fingerprint density at radius 3 is 2.57 bits per heavy atom. The highest BCUT2D eigenvalue weighted by molar-refractivity contribution is 5.96. The van der Waals surface area contributed by atoms with Crippen molar-refractivity contribution in [1.82, 2.24) is 4.98 Å². The summed E-state index contributed by atoms with van der Waals surface area (Å²) in [4.78, 5) is 17.1. The highest BCUT2D eigenvalue weighted by Gasteiger charge is 2.41. The number of aromatic carboxylic acids is 1. The number of halogens is 3. The van der Waals surface area contributed by atoms with E-state index >= 15 is 0 Å². The summed E-state index contributed by atoms with van der Waals surface area (Å²) in [5.41, 5.74) is 1.45. The van der Waals surface area contributed by atoms with Gasteiger partial charge in [-0.05, 0) is 25.0 Å². The number of hydrogen-bond donors (Lipinski definition) is 1. The molecule has 0 aliphatic carbocycles. The second-order valence-corrected chi connectivity index (χ2v) is 5.68. The van der Waals surface area contributed by atoms with E-state index in [2.05, 4.69) is 4.98 Å². The van der Waals surface area contributed by atoms with Crippen molar-refractivity contribution in [3.63, 3.8) is 0 Å². The molecule has 0 bridgehead atoms. The van der Waals surface area contributed by atoms with E-state index in [-0.39, 0.29) is 18.4 Å². The fourth-order valence-corrected chi connectivity index (χ4v) is 2.96. The molecule has 7 heteroatoms. The third-order valence-electron chi connectivity index (χ3n) is 4.24. The molecule has 0 atom stereocenters. The first-order chi connectivity index (χ1) is 10.9. The molecule has 1 saturated heterocycles. The summed E-state index contributed by atoms with van der Waals surface area (Å²) >= 11 is 0. The Morgan fingerprint density at radius 2 is 1.96 bits per heavy atom. The SMILES string of the molecule is O=C(O)c1cnc2c(N3CCC(C(F)(F)F)CC3)cccc2c1. The minimum atomic E-state index is -4.14. The number of carboxylic acids is 1. The molecule has 2 heterocycles. The normalized spacial score (nSPS) is 16.7. The molecular weight excluding hydrogens is 309 g/mol. The summed E-state index contributed by atoms with van der Waals surface area (Å²) in [7, 11) is 0. The molecule has 2 aromatic rings. The zero-order valence-electron chi connectivity index (χ0n) is 12.2. The van der Waals surface area contributed by atoms with Crippen LogP contribution in [-0.2, 0) is 0 Å². The van der Waals surface area contributed by atoms with E-state index in [1.807, 2.05) is 11.0 Å². The lowest BCUT2D eigenvalue weighted by molar-refractivity contribution is -0.179. The fourth-order valence-electron chi connectivity index (χ4n) is 2.96. The third-order valence-corrected chi connectivity index (χ3v) is 4.24. The van der Waals surface area contributed by atoms with Gasteiger partial charge in [-0.1, -0.05) is 12.1 Å². The van der Waals surface area contributed by atoms with Crippen molar-refractivity contribution in [1.29, 1.82) is 0 Å². The van der Waals surface area contributed by atoms with Crippen LogP contribution in [-0.4, -0.2) is 35.3 Å². The number of aromatic nitrogens is 1. The van der Waals surface area contributed by atoms with Crippen LogP contribution in [0.5, 0.6) is 0 Å². The van der Waals surface area contributed by atoms with Crippen LogP contribution >= 0.6 is 0 Å². The van der Waals surface area contributed by atoms with Crippen LogP contribution in [0.3, 0.4) is 0 Å². The van der Waals surface area contributed by atoms with Crippen molar-refractivity contribution in [2.45, 2.75) is 19.0 Å². The van der Waals surface area contributed by atoms with E-state index in [4.69, 9.17) is 5.11 Å². The van der Waals surface area contributed by atoms with Crippen molar-refractivity contribution in [2.75, 3.05) is 18.0 Å². The number of anilines is 1. The molecule has 3 rings (SSSR count). The number of carbonyl (C=O) groups is 1. The van der Waals surface area contributed by atoms with Crippen molar-refractivity contribution < 1.29 is 23.1 Å². The van der Waals surface area contributed by atoms with Crippen LogP contribution in [0.25, 0.3) is 10.9 Å². The molecule has 0 amide bonds. The quantitative estimate of drug-likeness (QED) is 0.915. The smallest absolute Gasteiger partial charge is 0.391 e. The Kier molecular flexibility index (Phi) is 3.87. The summed E-state index contributed by atoms with van der Waals surface area (Å²) in [6, 6.07) is 6.85. The van der Waals surface area contributed by atoms with Gasteiger partial charge in [0.15, 0.2) is 0 Å². The summed E-state index contributed by atoms with van der Waals surface area (Å²) in [6.07, 6.45) is -2.74. The first-order valence-electron chi connectivity index (χ1n) is 7.30.